The topological polar surface area (TPSA) is 87.7 Å². The highest BCUT2D eigenvalue weighted by molar-refractivity contribution is 7.82. The summed E-state index contributed by atoms with van der Waals surface area (Å²) >= 11 is 0. The molecule has 0 saturated heterocycles. The first-order chi connectivity index (χ1) is 16.8. The van der Waals surface area contributed by atoms with E-state index in [1.165, 1.54) is 12.1 Å². The minimum Gasteiger partial charge on any atom is -0.457 e. The molecule has 7 nitrogen and oxygen atoms in total. The molecule has 3 aromatic carbocycles. The van der Waals surface area contributed by atoms with Crippen LogP contribution in [0.4, 0.5) is 18.0 Å². The molecule has 184 valence electrons. The number of halogens is 3. The Morgan fingerprint density at radius 3 is 2.11 bits per heavy atom. The van der Waals surface area contributed by atoms with Crippen LogP contribution in [-0.4, -0.2) is 34.0 Å². The summed E-state index contributed by atoms with van der Waals surface area (Å²) in [7, 11) is -1.60. The minimum absolute atomic E-state index is 0.146. The lowest BCUT2D eigenvalue weighted by molar-refractivity contribution is -0.137. The first-order valence-corrected chi connectivity index (χ1v) is 11.5. The summed E-state index contributed by atoms with van der Waals surface area (Å²) in [5, 5.41) is 4.48. The van der Waals surface area contributed by atoms with E-state index in [-0.39, 0.29) is 25.2 Å². The van der Waals surface area contributed by atoms with E-state index in [4.69, 9.17) is 4.74 Å². The van der Waals surface area contributed by atoms with Gasteiger partial charge in [0.15, 0.2) is 0 Å². The lowest BCUT2D eigenvalue weighted by Gasteiger charge is -2.21. The van der Waals surface area contributed by atoms with Crippen molar-refractivity contribution in [3.8, 4) is 11.5 Å². The number of carbonyl (C=O) groups excluding carboxylic acids is 2. The Hall–Kier alpha value is -3.70. The van der Waals surface area contributed by atoms with E-state index in [0.29, 0.717) is 17.2 Å². The van der Waals surface area contributed by atoms with Crippen molar-refractivity contribution >= 4 is 23.4 Å². The Labute approximate surface area is 202 Å². The zero-order valence-corrected chi connectivity index (χ0v) is 19.1. The van der Waals surface area contributed by atoms with Crippen LogP contribution in [0.25, 0.3) is 0 Å². The average Bonchev–Trinajstić information content (AvgIpc) is 2.84. The van der Waals surface area contributed by atoms with Gasteiger partial charge in [-0.25, -0.2) is 13.3 Å². The van der Waals surface area contributed by atoms with Crippen LogP contribution in [0.2, 0.25) is 0 Å². The standard InChI is InChI=1S/C24H22F3N3O4S/c25-24(26,27)19-6-8-20(9-7-19)34-21-10-12-22(13-11-21)35(33)30(15-14-28-23(32)29-17-31)16-18-4-2-1-3-5-18/h1-13,17H,14-16H2,(H2,28,29,31,32). The third-order valence-corrected chi connectivity index (χ3v) is 6.17. The van der Waals surface area contributed by atoms with Crippen molar-refractivity contribution in [1.29, 1.82) is 0 Å². The second-order valence-electron chi connectivity index (χ2n) is 7.21. The van der Waals surface area contributed by atoms with Crippen molar-refractivity contribution in [2.24, 2.45) is 0 Å². The van der Waals surface area contributed by atoms with Crippen molar-refractivity contribution in [3.63, 3.8) is 0 Å². The van der Waals surface area contributed by atoms with E-state index in [2.05, 4.69) is 5.32 Å². The fourth-order valence-corrected chi connectivity index (χ4v) is 4.22. The fraction of sp³-hybridized carbons (Fsp3) is 0.167. The maximum Gasteiger partial charge on any atom is 0.416 e. The molecule has 3 rings (SSSR count). The number of rotatable bonds is 10. The van der Waals surface area contributed by atoms with E-state index in [1.807, 2.05) is 35.6 Å². The molecule has 1 unspecified atom stereocenters. The summed E-state index contributed by atoms with van der Waals surface area (Å²) in [6.45, 7) is 0.721. The molecule has 0 saturated carbocycles. The van der Waals surface area contributed by atoms with Crippen LogP contribution in [0.3, 0.4) is 0 Å². The number of carbonyl (C=O) groups is 2. The molecular formula is C24H22F3N3O4S. The molecule has 11 heteroatoms. The summed E-state index contributed by atoms with van der Waals surface area (Å²) in [6.07, 6.45) is -4.16. The van der Waals surface area contributed by atoms with Gasteiger partial charge < -0.3 is 10.1 Å². The largest absolute Gasteiger partial charge is 0.457 e. The molecule has 35 heavy (non-hydrogen) atoms. The molecule has 0 radical (unpaired) electrons. The van der Waals surface area contributed by atoms with Gasteiger partial charge in [-0.2, -0.15) is 13.2 Å². The number of ether oxygens (including phenoxy) is 1. The summed E-state index contributed by atoms with van der Waals surface area (Å²) in [6, 6.07) is 19.4. The number of urea groups is 1. The third kappa shape index (κ3) is 7.94. The molecule has 0 bridgehead atoms. The quantitative estimate of drug-likeness (QED) is 0.398. The molecule has 0 aromatic heterocycles. The van der Waals surface area contributed by atoms with Crippen molar-refractivity contribution in [1.82, 2.24) is 14.9 Å². The van der Waals surface area contributed by atoms with Crippen LogP contribution in [-0.2, 0) is 28.5 Å². The first-order valence-electron chi connectivity index (χ1n) is 10.4. The molecule has 2 N–H and O–H groups in total. The Kier molecular flexibility index (Phi) is 8.98. The molecule has 3 aromatic rings. The van der Waals surface area contributed by atoms with E-state index >= 15 is 0 Å². The van der Waals surface area contributed by atoms with E-state index in [0.717, 1.165) is 17.7 Å². The number of nitrogens with zero attached hydrogens (tertiary/aromatic N) is 1. The Balaban J connectivity index is 1.68. The molecule has 1 atom stereocenters. The number of hydrogen-bond donors (Lipinski definition) is 2. The molecule has 0 heterocycles. The second-order valence-corrected chi connectivity index (χ2v) is 8.70. The summed E-state index contributed by atoms with van der Waals surface area (Å²) in [4.78, 5) is 22.3. The van der Waals surface area contributed by atoms with Crippen molar-refractivity contribution in [3.05, 3.63) is 90.0 Å². The Morgan fingerprint density at radius 2 is 1.54 bits per heavy atom. The fourth-order valence-electron chi connectivity index (χ4n) is 3.03. The predicted molar refractivity (Wildman–Crippen MR) is 124 cm³/mol. The highest BCUT2D eigenvalue weighted by Gasteiger charge is 2.30. The van der Waals surface area contributed by atoms with Gasteiger partial charge in [-0.1, -0.05) is 30.3 Å². The van der Waals surface area contributed by atoms with Gasteiger partial charge in [-0.15, -0.1) is 0 Å². The third-order valence-electron chi connectivity index (χ3n) is 4.72. The molecule has 0 aliphatic heterocycles. The van der Waals surface area contributed by atoms with Gasteiger partial charge in [0.25, 0.3) is 0 Å². The van der Waals surface area contributed by atoms with Gasteiger partial charge in [-0.3, -0.25) is 10.1 Å². The zero-order valence-electron chi connectivity index (χ0n) is 18.3. The maximum atomic E-state index is 13.3. The van der Waals surface area contributed by atoms with Crippen LogP contribution in [0.5, 0.6) is 11.5 Å². The average molecular weight is 506 g/mol. The monoisotopic (exact) mass is 505 g/mol. The van der Waals surface area contributed by atoms with E-state index in [9.17, 15) is 27.0 Å². The van der Waals surface area contributed by atoms with Gasteiger partial charge in [0, 0.05) is 19.6 Å². The number of alkyl halides is 3. The minimum atomic E-state index is -4.43. The Bertz CT molecular complexity index is 1140. The number of nitrogens with one attached hydrogen (secondary N) is 2. The van der Waals surface area contributed by atoms with Crippen molar-refractivity contribution in [2.75, 3.05) is 13.1 Å². The maximum absolute atomic E-state index is 13.3. The Morgan fingerprint density at radius 1 is 0.943 bits per heavy atom. The summed E-state index contributed by atoms with van der Waals surface area (Å²) in [5.41, 5.74) is 0.146. The molecule has 0 aliphatic rings. The van der Waals surface area contributed by atoms with Crippen molar-refractivity contribution in [2.45, 2.75) is 17.6 Å². The van der Waals surface area contributed by atoms with Crippen LogP contribution < -0.4 is 15.4 Å². The van der Waals surface area contributed by atoms with Crippen LogP contribution >= 0.6 is 0 Å². The SMILES string of the molecule is O=CNC(=O)NCCN(Cc1ccccc1)S(=O)c1ccc(Oc2ccc(C(F)(F)F)cc2)cc1. The summed E-state index contributed by atoms with van der Waals surface area (Å²) in [5.74, 6) is 0.601. The first kappa shape index (κ1) is 25.9. The van der Waals surface area contributed by atoms with Gasteiger partial charge in [0.1, 0.15) is 22.5 Å². The van der Waals surface area contributed by atoms with E-state index in [1.54, 1.807) is 28.6 Å². The molecule has 3 amide bonds. The van der Waals surface area contributed by atoms with Gasteiger partial charge in [0.05, 0.1) is 10.5 Å². The number of hydrogen-bond acceptors (Lipinski definition) is 4. The smallest absolute Gasteiger partial charge is 0.416 e. The van der Waals surface area contributed by atoms with Gasteiger partial charge >= 0.3 is 12.2 Å². The lowest BCUT2D eigenvalue weighted by atomic mass is 10.2. The normalized spacial score (nSPS) is 12.1. The second kappa shape index (κ2) is 12.1. The number of imide groups is 1. The molecule has 0 fully saturated rings. The molecular weight excluding hydrogens is 483 g/mol. The van der Waals surface area contributed by atoms with Gasteiger partial charge in [-0.05, 0) is 54.1 Å². The van der Waals surface area contributed by atoms with Crippen molar-refractivity contribution < 1.29 is 31.7 Å². The lowest BCUT2D eigenvalue weighted by Crippen LogP contribution is -2.40. The molecule has 0 aliphatic carbocycles. The number of benzene rings is 3. The van der Waals surface area contributed by atoms with E-state index < -0.39 is 28.8 Å². The predicted octanol–water partition coefficient (Wildman–Crippen LogP) is 4.48. The molecule has 0 spiro atoms. The van der Waals surface area contributed by atoms with Crippen LogP contribution in [0, 0.1) is 0 Å². The number of amides is 3. The van der Waals surface area contributed by atoms with Crippen LogP contribution in [0.15, 0.2) is 83.8 Å². The zero-order chi connectivity index (χ0) is 25.3. The van der Waals surface area contributed by atoms with Crippen LogP contribution in [0.1, 0.15) is 11.1 Å². The summed E-state index contributed by atoms with van der Waals surface area (Å²) < 4.78 is 58.6. The van der Waals surface area contributed by atoms with Gasteiger partial charge in [0.2, 0.25) is 6.41 Å². The highest BCUT2D eigenvalue weighted by Crippen LogP contribution is 2.31. The highest BCUT2D eigenvalue weighted by atomic mass is 32.2.